The van der Waals surface area contributed by atoms with Crippen LogP contribution in [0.1, 0.15) is 12.1 Å². The normalized spacial score (nSPS) is 11.1. The number of halogens is 1. The molecule has 2 heterocycles. The molecule has 0 unspecified atom stereocenters. The van der Waals surface area contributed by atoms with E-state index in [4.69, 9.17) is 11.6 Å². The van der Waals surface area contributed by atoms with Gasteiger partial charge in [-0.2, -0.15) is 0 Å². The van der Waals surface area contributed by atoms with Crippen LogP contribution in [0.15, 0.2) is 65.0 Å². The summed E-state index contributed by atoms with van der Waals surface area (Å²) < 4.78 is 2.07. The maximum Gasteiger partial charge on any atom is 0.224 e. The monoisotopic (exact) mass is 427 g/mol. The highest BCUT2D eigenvalue weighted by Crippen LogP contribution is 2.25. The van der Waals surface area contributed by atoms with Gasteiger partial charge in [0.2, 0.25) is 5.91 Å². The lowest BCUT2D eigenvalue weighted by Gasteiger charge is -2.06. The summed E-state index contributed by atoms with van der Waals surface area (Å²) in [4.78, 5) is 19.1. The van der Waals surface area contributed by atoms with Crippen molar-refractivity contribution < 1.29 is 4.79 Å². The molecule has 4 nitrogen and oxygen atoms in total. The number of benzene rings is 2. The third kappa shape index (κ3) is 4.24. The number of fused-ring (bicyclic) bond motifs is 1. The summed E-state index contributed by atoms with van der Waals surface area (Å²) in [6.45, 7) is 0. The Morgan fingerprint density at radius 2 is 2.07 bits per heavy atom. The number of rotatable bonds is 6. The number of thiazole rings is 1. The van der Waals surface area contributed by atoms with E-state index < -0.39 is 0 Å². The summed E-state index contributed by atoms with van der Waals surface area (Å²) >= 11 is 9.21. The van der Waals surface area contributed by atoms with Crippen LogP contribution < -0.4 is 5.32 Å². The predicted octanol–water partition coefficient (Wildman–Crippen LogP) is 6.01. The first-order valence-electron chi connectivity index (χ1n) is 8.78. The number of hydrogen-bond acceptors (Lipinski definition) is 4. The van der Waals surface area contributed by atoms with Crippen molar-refractivity contribution in [1.29, 1.82) is 0 Å². The van der Waals surface area contributed by atoms with Crippen LogP contribution in [-0.4, -0.2) is 21.5 Å². The Balaban J connectivity index is 1.44. The number of thioether (sulfide) groups is 1. The molecule has 0 bridgehead atoms. The summed E-state index contributed by atoms with van der Waals surface area (Å²) in [6, 6.07) is 15.5. The summed E-state index contributed by atoms with van der Waals surface area (Å²) in [6.07, 6.45) is 5.12. The maximum absolute atomic E-state index is 12.4. The van der Waals surface area contributed by atoms with Crippen LogP contribution in [0.3, 0.4) is 0 Å². The zero-order valence-corrected chi connectivity index (χ0v) is 17.6. The number of aryl methyl sites for hydroxylation is 1. The standard InChI is InChI=1S/C21H18ClN3OS2/c1-27-18-4-2-3-16(11-18)23-20(26)10-9-17-13-28-21-24-19(12-25(17)21)14-5-7-15(22)8-6-14/h2-8,11-13H,9-10H2,1H3,(H,23,26). The van der Waals surface area contributed by atoms with E-state index in [0.29, 0.717) is 17.9 Å². The topological polar surface area (TPSA) is 46.4 Å². The van der Waals surface area contributed by atoms with Crippen LogP contribution in [0.4, 0.5) is 5.69 Å². The zero-order chi connectivity index (χ0) is 19.5. The number of nitrogens with one attached hydrogen (secondary N) is 1. The van der Waals surface area contributed by atoms with E-state index in [-0.39, 0.29) is 5.91 Å². The summed E-state index contributed by atoms with van der Waals surface area (Å²) in [5.74, 6) is 0.00985. The van der Waals surface area contributed by atoms with Crippen LogP contribution in [0.25, 0.3) is 16.2 Å². The highest BCUT2D eigenvalue weighted by molar-refractivity contribution is 7.98. The van der Waals surface area contributed by atoms with Crippen LogP contribution in [0, 0.1) is 0 Å². The fraction of sp³-hybridized carbons (Fsp3) is 0.143. The van der Waals surface area contributed by atoms with Crippen molar-refractivity contribution in [1.82, 2.24) is 9.38 Å². The van der Waals surface area contributed by atoms with E-state index in [9.17, 15) is 4.79 Å². The number of carbonyl (C=O) groups is 1. The minimum Gasteiger partial charge on any atom is -0.326 e. The molecule has 0 aliphatic rings. The summed E-state index contributed by atoms with van der Waals surface area (Å²) in [7, 11) is 0. The van der Waals surface area contributed by atoms with Gasteiger partial charge in [-0.15, -0.1) is 23.1 Å². The molecule has 4 rings (SSSR count). The van der Waals surface area contributed by atoms with Crippen molar-refractivity contribution in [2.24, 2.45) is 0 Å². The van der Waals surface area contributed by atoms with Gasteiger partial charge >= 0.3 is 0 Å². The molecule has 7 heteroatoms. The third-order valence-corrected chi connectivity index (χ3v) is 6.25. The number of hydrogen-bond donors (Lipinski definition) is 1. The SMILES string of the molecule is CSc1cccc(NC(=O)CCc2csc3nc(-c4ccc(Cl)cc4)cn23)c1. The van der Waals surface area contributed by atoms with Crippen LogP contribution in [-0.2, 0) is 11.2 Å². The van der Waals surface area contributed by atoms with Gasteiger partial charge in [-0.25, -0.2) is 4.98 Å². The van der Waals surface area contributed by atoms with Crippen LogP contribution >= 0.6 is 34.7 Å². The molecule has 0 atom stereocenters. The number of nitrogens with zero attached hydrogens (tertiary/aromatic N) is 2. The molecule has 2 aromatic carbocycles. The highest BCUT2D eigenvalue weighted by Gasteiger charge is 2.11. The molecule has 142 valence electrons. The van der Waals surface area contributed by atoms with Crippen molar-refractivity contribution >= 4 is 51.3 Å². The number of carbonyl (C=O) groups excluding carboxylic acids is 1. The molecule has 28 heavy (non-hydrogen) atoms. The van der Waals surface area contributed by atoms with E-state index in [1.165, 1.54) is 0 Å². The number of anilines is 1. The first-order chi connectivity index (χ1) is 13.6. The van der Waals surface area contributed by atoms with Gasteiger partial charge in [0, 0.05) is 44.9 Å². The number of amides is 1. The Kier molecular flexibility index (Phi) is 5.71. The molecule has 0 saturated heterocycles. The van der Waals surface area contributed by atoms with E-state index in [1.54, 1.807) is 23.1 Å². The summed E-state index contributed by atoms with van der Waals surface area (Å²) in [5.41, 5.74) is 3.85. The van der Waals surface area contributed by atoms with Crippen molar-refractivity contribution in [2.45, 2.75) is 17.7 Å². The van der Waals surface area contributed by atoms with Crippen molar-refractivity contribution in [2.75, 3.05) is 11.6 Å². The molecular weight excluding hydrogens is 410 g/mol. The highest BCUT2D eigenvalue weighted by atomic mass is 35.5. The predicted molar refractivity (Wildman–Crippen MR) is 119 cm³/mol. The zero-order valence-electron chi connectivity index (χ0n) is 15.2. The van der Waals surface area contributed by atoms with Gasteiger partial charge in [-0.3, -0.25) is 9.20 Å². The van der Waals surface area contributed by atoms with E-state index in [1.807, 2.05) is 61.0 Å². The first-order valence-corrected chi connectivity index (χ1v) is 11.3. The van der Waals surface area contributed by atoms with Gasteiger partial charge in [-0.1, -0.05) is 29.8 Å². The quantitative estimate of drug-likeness (QED) is 0.383. The Morgan fingerprint density at radius 3 is 2.86 bits per heavy atom. The van der Waals surface area contributed by atoms with Gasteiger partial charge in [0.15, 0.2) is 4.96 Å². The van der Waals surface area contributed by atoms with Crippen molar-refractivity contribution in [3.63, 3.8) is 0 Å². The third-order valence-electron chi connectivity index (χ3n) is 4.39. The molecule has 0 saturated carbocycles. The number of imidazole rings is 1. The van der Waals surface area contributed by atoms with E-state index in [0.717, 1.165) is 32.5 Å². The fourth-order valence-electron chi connectivity index (χ4n) is 2.93. The molecule has 0 aliphatic carbocycles. The Morgan fingerprint density at radius 1 is 1.25 bits per heavy atom. The second kappa shape index (κ2) is 8.39. The Labute approximate surface area is 176 Å². The fourth-order valence-corrected chi connectivity index (χ4v) is 4.43. The molecule has 4 aromatic rings. The maximum atomic E-state index is 12.4. The summed E-state index contributed by atoms with van der Waals surface area (Å²) in [5, 5.41) is 5.75. The van der Waals surface area contributed by atoms with Crippen LogP contribution in [0.5, 0.6) is 0 Å². The van der Waals surface area contributed by atoms with Crippen molar-refractivity contribution in [3.05, 3.63) is 70.8 Å². The minimum absolute atomic E-state index is 0.00985. The van der Waals surface area contributed by atoms with Gasteiger partial charge in [-0.05, 0) is 43.0 Å². The smallest absolute Gasteiger partial charge is 0.224 e. The van der Waals surface area contributed by atoms with Crippen molar-refractivity contribution in [3.8, 4) is 11.3 Å². The second-order valence-electron chi connectivity index (χ2n) is 6.29. The van der Waals surface area contributed by atoms with E-state index >= 15 is 0 Å². The average Bonchev–Trinajstić information content (AvgIpc) is 3.28. The number of aromatic nitrogens is 2. The lowest BCUT2D eigenvalue weighted by atomic mass is 10.2. The molecule has 0 aliphatic heterocycles. The van der Waals surface area contributed by atoms with Crippen LogP contribution in [0.2, 0.25) is 5.02 Å². The Bertz CT molecular complexity index is 1120. The van der Waals surface area contributed by atoms with Gasteiger partial charge < -0.3 is 5.32 Å². The molecule has 0 radical (unpaired) electrons. The Hall–Kier alpha value is -2.28. The largest absolute Gasteiger partial charge is 0.326 e. The van der Waals surface area contributed by atoms with Gasteiger partial charge in [0.25, 0.3) is 0 Å². The molecular formula is C21H18ClN3OS2. The lowest BCUT2D eigenvalue weighted by molar-refractivity contribution is -0.116. The molecule has 1 N–H and O–H groups in total. The average molecular weight is 428 g/mol. The molecule has 0 fully saturated rings. The molecule has 1 amide bonds. The van der Waals surface area contributed by atoms with E-state index in [2.05, 4.69) is 20.1 Å². The van der Waals surface area contributed by atoms with Gasteiger partial charge in [0.05, 0.1) is 5.69 Å². The van der Waals surface area contributed by atoms with Gasteiger partial charge in [0.1, 0.15) is 0 Å². The second-order valence-corrected chi connectivity index (χ2v) is 8.45. The lowest BCUT2D eigenvalue weighted by Crippen LogP contribution is -2.12. The first kappa shape index (κ1) is 19.1. The minimum atomic E-state index is 0.00985. The molecule has 0 spiro atoms. The molecule has 2 aromatic heterocycles.